The maximum absolute atomic E-state index is 9.76. The molecule has 7 heteroatoms. The summed E-state index contributed by atoms with van der Waals surface area (Å²) in [4.78, 5) is 0. The second-order valence-electron chi connectivity index (χ2n) is 3.49. The first kappa shape index (κ1) is 12.8. The van der Waals surface area contributed by atoms with Crippen LogP contribution in [0.5, 0.6) is 0 Å². The number of aliphatic hydroxyl groups is 5. The highest BCUT2D eigenvalue weighted by Gasteiger charge is 2.52. The Balaban J connectivity index is 2.82. The quantitative estimate of drug-likeness (QED) is 0.277. The summed E-state index contributed by atoms with van der Waals surface area (Å²) < 4.78 is 4.89. The van der Waals surface area contributed by atoms with Gasteiger partial charge in [0.15, 0.2) is 6.10 Å². The second kappa shape index (κ2) is 4.71. The summed E-state index contributed by atoms with van der Waals surface area (Å²) in [6.07, 6.45) is -5.86. The van der Waals surface area contributed by atoms with Crippen LogP contribution in [-0.4, -0.2) is 69.0 Å². The third-order valence-corrected chi connectivity index (χ3v) is 2.40. The van der Waals surface area contributed by atoms with Crippen molar-refractivity contribution in [1.82, 2.24) is 5.32 Å². The van der Waals surface area contributed by atoms with E-state index in [4.69, 9.17) is 9.84 Å². The molecule has 1 aliphatic heterocycles. The minimum absolute atomic E-state index is 0.286. The monoisotopic (exact) mass is 223 g/mol. The Kier molecular flexibility index (Phi) is 4.01. The highest BCUT2D eigenvalue weighted by atomic mass is 16.7. The van der Waals surface area contributed by atoms with Gasteiger partial charge < -0.3 is 30.3 Å². The minimum Gasteiger partial charge on any atom is -0.394 e. The van der Waals surface area contributed by atoms with Crippen LogP contribution < -0.4 is 5.32 Å². The van der Waals surface area contributed by atoms with Gasteiger partial charge in [-0.1, -0.05) is 6.92 Å². The molecular formula is C8H17NO6. The van der Waals surface area contributed by atoms with Gasteiger partial charge in [0.05, 0.1) is 6.61 Å². The van der Waals surface area contributed by atoms with Crippen LogP contribution in [0.4, 0.5) is 0 Å². The first-order valence-corrected chi connectivity index (χ1v) is 4.76. The summed E-state index contributed by atoms with van der Waals surface area (Å²) in [6, 6.07) is 0. The number of hydrogen-bond acceptors (Lipinski definition) is 7. The summed E-state index contributed by atoms with van der Waals surface area (Å²) in [6.45, 7) is 1.38. The van der Waals surface area contributed by atoms with Crippen molar-refractivity contribution >= 4 is 0 Å². The average molecular weight is 223 g/mol. The lowest BCUT2D eigenvalue weighted by Crippen LogP contribution is -2.70. The Hall–Kier alpha value is -0.280. The maximum atomic E-state index is 9.76. The number of nitrogens with one attached hydrogen (secondary N) is 1. The molecule has 0 saturated carbocycles. The van der Waals surface area contributed by atoms with E-state index in [1.165, 1.54) is 0 Å². The molecule has 90 valence electrons. The first-order valence-electron chi connectivity index (χ1n) is 4.76. The summed E-state index contributed by atoms with van der Waals surface area (Å²) in [7, 11) is 0. The molecule has 0 spiro atoms. The number of ether oxygens (including phenoxy) is 1. The molecule has 6 N–H and O–H groups in total. The van der Waals surface area contributed by atoms with Gasteiger partial charge in [-0.2, -0.15) is 0 Å². The van der Waals surface area contributed by atoms with Crippen LogP contribution in [-0.2, 0) is 4.74 Å². The van der Waals surface area contributed by atoms with Crippen LogP contribution in [0.2, 0.25) is 0 Å². The van der Waals surface area contributed by atoms with Crippen LogP contribution in [0.15, 0.2) is 0 Å². The van der Waals surface area contributed by atoms with Crippen molar-refractivity contribution in [1.29, 1.82) is 0 Å². The number of rotatable bonds is 3. The number of aliphatic hydroxyl groups excluding tert-OH is 4. The maximum Gasteiger partial charge on any atom is 0.255 e. The molecule has 15 heavy (non-hydrogen) atoms. The zero-order valence-corrected chi connectivity index (χ0v) is 8.37. The van der Waals surface area contributed by atoms with Crippen molar-refractivity contribution in [3.05, 3.63) is 0 Å². The van der Waals surface area contributed by atoms with E-state index in [0.29, 0.717) is 0 Å². The Morgan fingerprint density at radius 1 is 1.27 bits per heavy atom. The van der Waals surface area contributed by atoms with E-state index >= 15 is 0 Å². The SMILES string of the molecule is CCNC1(O)OC(CO)C(O)C(O)C1O. The Morgan fingerprint density at radius 2 is 1.87 bits per heavy atom. The van der Waals surface area contributed by atoms with Gasteiger partial charge in [0.1, 0.15) is 18.3 Å². The van der Waals surface area contributed by atoms with Crippen molar-refractivity contribution in [2.45, 2.75) is 37.3 Å². The van der Waals surface area contributed by atoms with E-state index < -0.39 is 36.9 Å². The normalized spacial score (nSPS) is 46.8. The fourth-order valence-corrected chi connectivity index (χ4v) is 1.55. The molecule has 0 aromatic heterocycles. The van der Waals surface area contributed by atoms with Gasteiger partial charge in [-0.3, -0.25) is 5.32 Å². The predicted molar refractivity (Wildman–Crippen MR) is 48.6 cm³/mol. The summed E-state index contributed by atoms with van der Waals surface area (Å²) in [5.74, 6) is -2.15. The highest BCUT2D eigenvalue weighted by Crippen LogP contribution is 2.25. The third-order valence-electron chi connectivity index (χ3n) is 2.40. The fourth-order valence-electron chi connectivity index (χ4n) is 1.55. The van der Waals surface area contributed by atoms with E-state index in [9.17, 15) is 20.4 Å². The van der Waals surface area contributed by atoms with Gasteiger partial charge in [0.2, 0.25) is 0 Å². The second-order valence-corrected chi connectivity index (χ2v) is 3.49. The third kappa shape index (κ3) is 2.28. The molecule has 0 aromatic carbocycles. The van der Waals surface area contributed by atoms with Crippen molar-refractivity contribution in [2.24, 2.45) is 0 Å². The smallest absolute Gasteiger partial charge is 0.255 e. The standard InChI is InChI=1S/C8H17NO6/c1-2-9-8(14)7(13)6(12)5(11)4(3-10)15-8/h4-7,9-14H,2-3H2,1H3. The number of likely N-dealkylation sites (N-methyl/N-ethyl adjacent to an activating group) is 1. The Morgan fingerprint density at radius 3 is 2.33 bits per heavy atom. The molecule has 1 heterocycles. The van der Waals surface area contributed by atoms with Crippen LogP contribution in [0.1, 0.15) is 6.92 Å². The lowest BCUT2D eigenvalue weighted by Gasteiger charge is -2.45. The Labute approximate surface area is 86.9 Å². The van der Waals surface area contributed by atoms with E-state index in [-0.39, 0.29) is 6.54 Å². The van der Waals surface area contributed by atoms with Crippen LogP contribution >= 0.6 is 0 Å². The van der Waals surface area contributed by atoms with Gasteiger partial charge >= 0.3 is 0 Å². The summed E-state index contributed by atoms with van der Waals surface area (Å²) in [5, 5.41) is 49.3. The van der Waals surface area contributed by atoms with E-state index in [1.807, 2.05) is 0 Å². The topological polar surface area (TPSA) is 122 Å². The van der Waals surface area contributed by atoms with Gasteiger partial charge in [-0.15, -0.1) is 0 Å². The molecule has 1 rings (SSSR count). The molecule has 7 nitrogen and oxygen atoms in total. The minimum atomic E-state index is -2.15. The van der Waals surface area contributed by atoms with Crippen molar-refractivity contribution in [2.75, 3.05) is 13.2 Å². The van der Waals surface area contributed by atoms with Gasteiger partial charge in [0, 0.05) is 0 Å². The fraction of sp³-hybridized carbons (Fsp3) is 1.00. The summed E-state index contributed by atoms with van der Waals surface area (Å²) >= 11 is 0. The van der Waals surface area contributed by atoms with Crippen molar-refractivity contribution in [3.63, 3.8) is 0 Å². The largest absolute Gasteiger partial charge is 0.394 e. The van der Waals surface area contributed by atoms with Gasteiger partial charge in [-0.05, 0) is 6.54 Å². The molecule has 1 aliphatic rings. The van der Waals surface area contributed by atoms with Crippen molar-refractivity contribution < 1.29 is 30.3 Å². The average Bonchev–Trinajstić information content (AvgIpc) is 2.21. The van der Waals surface area contributed by atoms with E-state index in [2.05, 4.69) is 5.32 Å². The van der Waals surface area contributed by atoms with E-state index in [0.717, 1.165) is 0 Å². The molecule has 0 bridgehead atoms. The molecule has 0 radical (unpaired) electrons. The van der Waals surface area contributed by atoms with Crippen LogP contribution in [0, 0.1) is 0 Å². The van der Waals surface area contributed by atoms with Crippen LogP contribution in [0.3, 0.4) is 0 Å². The van der Waals surface area contributed by atoms with E-state index in [1.54, 1.807) is 6.92 Å². The predicted octanol–water partition coefficient (Wildman–Crippen LogP) is -3.28. The molecule has 0 amide bonds. The molecule has 5 unspecified atom stereocenters. The zero-order valence-electron chi connectivity index (χ0n) is 8.37. The molecule has 1 fully saturated rings. The number of hydrogen-bond donors (Lipinski definition) is 6. The molecule has 0 aromatic rings. The lowest BCUT2D eigenvalue weighted by molar-refractivity contribution is -0.361. The molecule has 0 aliphatic carbocycles. The highest BCUT2D eigenvalue weighted by molar-refractivity contribution is 4.94. The molecule has 1 saturated heterocycles. The molecule has 5 atom stereocenters. The molecular weight excluding hydrogens is 206 g/mol. The summed E-state index contributed by atoms with van der Waals surface area (Å²) in [5.41, 5.74) is 0. The van der Waals surface area contributed by atoms with Crippen LogP contribution in [0.25, 0.3) is 0 Å². The zero-order chi connectivity index (χ0) is 11.6. The van der Waals surface area contributed by atoms with Gasteiger partial charge in [-0.25, -0.2) is 0 Å². The van der Waals surface area contributed by atoms with Crippen molar-refractivity contribution in [3.8, 4) is 0 Å². The van der Waals surface area contributed by atoms with Gasteiger partial charge in [0.25, 0.3) is 5.91 Å². The lowest BCUT2D eigenvalue weighted by atomic mass is 9.96. The first-order chi connectivity index (χ1) is 6.96. The Bertz CT molecular complexity index is 213.